The second kappa shape index (κ2) is 5.54. The number of hydrogen-bond donors (Lipinski definition) is 1. The highest BCUT2D eigenvalue weighted by Gasteiger charge is 2.61. The Balaban J connectivity index is 0.00000289. The van der Waals surface area contributed by atoms with Crippen molar-refractivity contribution in [1.82, 2.24) is 0 Å². The summed E-state index contributed by atoms with van der Waals surface area (Å²) >= 11 is 5.34. The van der Waals surface area contributed by atoms with Crippen molar-refractivity contribution in [3.8, 4) is 0 Å². The maximum absolute atomic E-state index is 12.9. The topological polar surface area (TPSA) is 26.0 Å². The Kier molecular flexibility index (Phi) is 5.34. The van der Waals surface area contributed by atoms with Crippen molar-refractivity contribution in [1.29, 1.82) is 0 Å². The van der Waals surface area contributed by atoms with Crippen LogP contribution in [0.15, 0.2) is 18.2 Å². The van der Waals surface area contributed by atoms with Gasteiger partial charge in [-0.3, -0.25) is 0 Å². The molecule has 0 aromatic heterocycles. The first kappa shape index (κ1) is 17.3. The average molecular weight is 314 g/mol. The van der Waals surface area contributed by atoms with Crippen LogP contribution in [0.1, 0.15) is 11.6 Å². The fourth-order valence-corrected chi connectivity index (χ4v) is 1.37. The van der Waals surface area contributed by atoms with E-state index in [0.29, 0.717) is 6.07 Å². The number of nitrogens with two attached hydrogens (primary N) is 1. The first-order valence-corrected chi connectivity index (χ1v) is 4.59. The smallest absolute Gasteiger partial charge is 0.319 e. The highest BCUT2D eigenvalue weighted by molar-refractivity contribution is 6.30. The lowest BCUT2D eigenvalue weighted by Gasteiger charge is -2.26. The minimum absolute atomic E-state index is 0. The molecule has 18 heavy (non-hydrogen) atoms. The minimum Gasteiger partial charge on any atom is -0.319 e. The van der Waals surface area contributed by atoms with E-state index in [1.54, 1.807) is 0 Å². The molecule has 0 spiro atoms. The van der Waals surface area contributed by atoms with Crippen LogP contribution in [0, 0.1) is 5.82 Å². The van der Waals surface area contributed by atoms with Crippen LogP contribution in [0.5, 0.6) is 0 Å². The van der Waals surface area contributed by atoms with Crippen LogP contribution in [-0.2, 0) is 0 Å². The molecule has 0 bridgehead atoms. The summed E-state index contributed by atoms with van der Waals surface area (Å²) in [5.74, 6) is -6.20. The van der Waals surface area contributed by atoms with Crippen LogP contribution in [-0.4, -0.2) is 12.1 Å². The second-order valence-electron chi connectivity index (χ2n) is 3.30. The van der Waals surface area contributed by atoms with Crippen LogP contribution in [0.2, 0.25) is 5.02 Å². The SMILES string of the molecule is Cl.N[C@H](c1cc(F)cc(Cl)c1)C(F)(F)C(F)(F)F. The van der Waals surface area contributed by atoms with Crippen molar-refractivity contribution < 1.29 is 26.3 Å². The summed E-state index contributed by atoms with van der Waals surface area (Å²) in [7, 11) is 0. The first-order valence-electron chi connectivity index (χ1n) is 4.22. The molecule has 1 aromatic carbocycles. The molecule has 0 saturated heterocycles. The molecular formula is C9H7Cl2F6N. The van der Waals surface area contributed by atoms with E-state index in [0.717, 1.165) is 12.1 Å². The standard InChI is InChI=1S/C9H6ClF6N.ClH/c10-5-1-4(2-6(11)3-5)7(17)8(12,13)9(14,15)16;/h1-3,7H,17H2;1H/t7-;/m1./s1. The Bertz CT molecular complexity index is 400. The molecule has 0 fully saturated rings. The molecule has 0 saturated carbocycles. The fourth-order valence-electron chi connectivity index (χ4n) is 1.14. The van der Waals surface area contributed by atoms with E-state index in [-0.39, 0.29) is 17.4 Å². The highest BCUT2D eigenvalue weighted by atomic mass is 35.5. The van der Waals surface area contributed by atoms with Gasteiger partial charge in [-0.25, -0.2) is 4.39 Å². The lowest BCUT2D eigenvalue weighted by molar-refractivity contribution is -0.291. The number of benzene rings is 1. The molecule has 0 heterocycles. The molecule has 104 valence electrons. The Morgan fingerprint density at radius 2 is 1.56 bits per heavy atom. The summed E-state index contributed by atoms with van der Waals surface area (Å²) < 4.78 is 74.6. The monoisotopic (exact) mass is 313 g/mol. The minimum atomic E-state index is -5.81. The van der Waals surface area contributed by atoms with Gasteiger partial charge in [-0.1, -0.05) is 11.6 Å². The molecule has 2 N–H and O–H groups in total. The van der Waals surface area contributed by atoms with E-state index in [1.807, 2.05) is 0 Å². The molecule has 0 aliphatic rings. The van der Waals surface area contributed by atoms with E-state index in [9.17, 15) is 26.3 Å². The Morgan fingerprint density at radius 1 is 1.06 bits per heavy atom. The van der Waals surface area contributed by atoms with Crippen molar-refractivity contribution in [3.63, 3.8) is 0 Å². The zero-order valence-corrected chi connectivity index (χ0v) is 10.0. The lowest BCUT2D eigenvalue weighted by atomic mass is 10.0. The van der Waals surface area contributed by atoms with E-state index in [2.05, 4.69) is 0 Å². The van der Waals surface area contributed by atoms with Gasteiger partial charge in [0, 0.05) is 5.02 Å². The molecule has 0 aliphatic carbocycles. The summed E-state index contributed by atoms with van der Waals surface area (Å²) in [4.78, 5) is 0. The normalized spacial score (nSPS) is 14.0. The Morgan fingerprint density at radius 3 is 1.94 bits per heavy atom. The molecule has 0 amide bonds. The third kappa shape index (κ3) is 3.43. The van der Waals surface area contributed by atoms with Gasteiger partial charge in [0.25, 0.3) is 0 Å². The van der Waals surface area contributed by atoms with Gasteiger partial charge in [0.15, 0.2) is 0 Å². The van der Waals surface area contributed by atoms with Gasteiger partial charge < -0.3 is 5.73 Å². The van der Waals surface area contributed by atoms with Gasteiger partial charge in [0.2, 0.25) is 0 Å². The molecule has 0 radical (unpaired) electrons. The maximum Gasteiger partial charge on any atom is 0.455 e. The van der Waals surface area contributed by atoms with Crippen molar-refractivity contribution in [3.05, 3.63) is 34.6 Å². The lowest BCUT2D eigenvalue weighted by Crippen LogP contribution is -2.45. The summed E-state index contributed by atoms with van der Waals surface area (Å²) in [6, 6.07) is -0.704. The number of halogens is 8. The predicted octanol–water partition coefficient (Wildman–Crippen LogP) is 4.10. The molecule has 1 rings (SSSR count). The maximum atomic E-state index is 12.9. The second-order valence-corrected chi connectivity index (χ2v) is 3.74. The van der Waals surface area contributed by atoms with Crippen molar-refractivity contribution in [2.75, 3.05) is 0 Å². The molecule has 9 heteroatoms. The quantitative estimate of drug-likeness (QED) is 0.817. The van der Waals surface area contributed by atoms with E-state index >= 15 is 0 Å². The average Bonchev–Trinajstić information content (AvgIpc) is 2.13. The fraction of sp³-hybridized carbons (Fsp3) is 0.333. The zero-order valence-electron chi connectivity index (χ0n) is 8.44. The van der Waals surface area contributed by atoms with Crippen LogP contribution in [0.25, 0.3) is 0 Å². The zero-order chi connectivity index (χ0) is 13.4. The van der Waals surface area contributed by atoms with Gasteiger partial charge in [0.1, 0.15) is 11.9 Å². The van der Waals surface area contributed by atoms with E-state index < -0.39 is 29.5 Å². The summed E-state index contributed by atoms with van der Waals surface area (Å²) in [6.45, 7) is 0. The van der Waals surface area contributed by atoms with Crippen LogP contribution in [0.3, 0.4) is 0 Å². The third-order valence-corrected chi connectivity index (χ3v) is 2.23. The van der Waals surface area contributed by atoms with Crippen LogP contribution >= 0.6 is 24.0 Å². The predicted molar refractivity (Wildman–Crippen MR) is 56.6 cm³/mol. The van der Waals surface area contributed by atoms with Crippen molar-refractivity contribution >= 4 is 24.0 Å². The third-order valence-electron chi connectivity index (χ3n) is 2.01. The van der Waals surface area contributed by atoms with Gasteiger partial charge >= 0.3 is 12.1 Å². The van der Waals surface area contributed by atoms with E-state index in [4.69, 9.17) is 17.3 Å². The van der Waals surface area contributed by atoms with Gasteiger partial charge in [0.05, 0.1) is 0 Å². The Labute approximate surface area is 109 Å². The Hall–Kier alpha value is -0.660. The summed E-state index contributed by atoms with van der Waals surface area (Å²) in [5, 5.41) is -0.312. The molecule has 0 aliphatic heterocycles. The van der Waals surface area contributed by atoms with Crippen molar-refractivity contribution in [2.45, 2.75) is 18.1 Å². The number of rotatable bonds is 2. The molecule has 1 atom stereocenters. The van der Waals surface area contributed by atoms with Crippen molar-refractivity contribution in [2.24, 2.45) is 5.73 Å². The molecule has 1 aromatic rings. The molecule has 1 nitrogen and oxygen atoms in total. The number of hydrogen-bond acceptors (Lipinski definition) is 1. The van der Waals surface area contributed by atoms with Gasteiger partial charge in [-0.2, -0.15) is 22.0 Å². The largest absolute Gasteiger partial charge is 0.455 e. The molecular weight excluding hydrogens is 307 g/mol. The number of alkyl halides is 5. The van der Waals surface area contributed by atoms with Gasteiger partial charge in [-0.05, 0) is 23.8 Å². The highest BCUT2D eigenvalue weighted by Crippen LogP contribution is 2.43. The summed E-state index contributed by atoms with van der Waals surface area (Å²) in [5.41, 5.74) is 4.08. The first-order chi connectivity index (χ1) is 7.55. The molecule has 0 unspecified atom stereocenters. The van der Waals surface area contributed by atoms with Crippen LogP contribution in [0.4, 0.5) is 26.3 Å². The van der Waals surface area contributed by atoms with Crippen LogP contribution < -0.4 is 5.73 Å². The van der Waals surface area contributed by atoms with Gasteiger partial charge in [-0.15, -0.1) is 12.4 Å². The summed E-state index contributed by atoms with van der Waals surface area (Å²) in [6.07, 6.45) is -5.81. The van der Waals surface area contributed by atoms with E-state index in [1.165, 1.54) is 0 Å².